The van der Waals surface area contributed by atoms with Crippen LogP contribution >= 0.6 is 0 Å². The average Bonchev–Trinajstić information content (AvgIpc) is 1.63. The smallest absolute Gasteiger partial charge is 0.251 e. The molecule has 11 rings (SSSR count). The maximum Gasteiger partial charge on any atom is 0.251 e. The summed E-state index contributed by atoms with van der Waals surface area (Å²) in [4.78, 5) is 106. The number of nitrogens with zero attached hydrogens (tertiary/aromatic N) is 8. The summed E-state index contributed by atoms with van der Waals surface area (Å²) < 4.78 is 27.3. The number of carbonyl (C=O) groups excluding carboxylic acids is 4. The Bertz CT molecular complexity index is 3410. The van der Waals surface area contributed by atoms with Gasteiger partial charge in [0.15, 0.2) is 0 Å². The van der Waals surface area contributed by atoms with Crippen molar-refractivity contribution in [3.8, 4) is 0 Å². The molecule has 0 spiro atoms. The van der Waals surface area contributed by atoms with E-state index in [-0.39, 0.29) is 95.7 Å². The highest BCUT2D eigenvalue weighted by Crippen LogP contribution is 2.41. The number of amides is 4. The van der Waals surface area contributed by atoms with Crippen molar-refractivity contribution in [2.24, 2.45) is 0 Å². The molecule has 8 heterocycles. The first-order valence-electron chi connectivity index (χ1n) is 32.0. The number of aromatic nitrogens is 2. The molecule has 0 radical (unpaired) electrons. The predicted molar refractivity (Wildman–Crippen MR) is 349 cm³/mol. The van der Waals surface area contributed by atoms with Crippen LogP contribution in [0.1, 0.15) is 100 Å². The van der Waals surface area contributed by atoms with Gasteiger partial charge in [-0.25, -0.2) is 8.78 Å². The quantitative estimate of drug-likeness (QED) is 0.0901. The number of fused-ring (bicyclic) bond motifs is 2. The minimum absolute atomic E-state index is 0.0238. The molecule has 478 valence electrons. The van der Waals surface area contributed by atoms with Crippen LogP contribution in [0.3, 0.4) is 0 Å². The van der Waals surface area contributed by atoms with Gasteiger partial charge in [-0.15, -0.1) is 0 Å². The largest absolute Gasteiger partial charge is 0.336 e. The third-order valence-corrected chi connectivity index (χ3v) is 19.4. The number of carbonyl (C=O) groups is 4. The number of pyridine rings is 2. The third kappa shape index (κ3) is 14.6. The topological polar surface area (TPSA) is 184 Å². The van der Waals surface area contributed by atoms with E-state index < -0.39 is 10.8 Å². The number of piperazine rings is 4. The van der Waals surface area contributed by atoms with Crippen molar-refractivity contribution < 1.29 is 28.0 Å². The van der Waals surface area contributed by atoms with Gasteiger partial charge >= 0.3 is 0 Å². The summed E-state index contributed by atoms with van der Waals surface area (Å²) in [5.74, 6) is -0.828. The molecular weight excluding hydrogens is 1140 g/mol. The normalized spacial score (nSPS) is 24.1. The first kappa shape index (κ1) is 64.1. The molecule has 4 saturated heterocycles. The molecule has 0 unspecified atom stereocenters. The Hall–Kier alpha value is -7.46. The molecule has 6 aliphatic rings. The summed E-state index contributed by atoms with van der Waals surface area (Å²) in [7, 11) is 0. The lowest BCUT2D eigenvalue weighted by molar-refractivity contribution is -0.129. The summed E-state index contributed by atoms with van der Waals surface area (Å²) >= 11 is 0. The SMILES string of the molecule is C[C@@H]1CN(CC(=O)N2CC(C)(C)c3[nH]c(=O)c(Cc4ccc(F)cc4)cc32)[C@@H](CN2CCN(C(=O)/C=C/c3ccc(/C=C/C(=O)N4CCN(C[C@H]5CN[C@H](C)CN5CC(=O)N5CC(C)(C)c6[nH]c(=O)c(Cc7ccc(F)cc7)cc65)[C@H](C)C4)cc3)C[C@H]2C)CN1. The highest BCUT2D eigenvalue weighted by molar-refractivity contribution is 5.98. The Balaban J connectivity index is 0.632. The average molecular weight is 1230 g/mol. The van der Waals surface area contributed by atoms with Gasteiger partial charge in [-0.05, 0) is 98.5 Å². The molecule has 90 heavy (non-hydrogen) atoms. The lowest BCUT2D eigenvalue weighted by Crippen LogP contribution is -2.63. The van der Waals surface area contributed by atoms with Crippen LogP contribution in [-0.2, 0) is 42.8 Å². The van der Waals surface area contributed by atoms with Gasteiger partial charge in [-0.3, -0.25) is 48.4 Å². The fourth-order valence-electron chi connectivity index (χ4n) is 14.1. The summed E-state index contributed by atoms with van der Waals surface area (Å²) in [5, 5.41) is 7.25. The number of aromatic amines is 2. The Morgan fingerprint density at radius 1 is 0.522 bits per heavy atom. The van der Waals surface area contributed by atoms with E-state index in [9.17, 15) is 37.5 Å². The van der Waals surface area contributed by atoms with E-state index in [1.54, 1.807) is 36.4 Å². The minimum atomic E-state index is -0.451. The van der Waals surface area contributed by atoms with Gasteiger partial charge in [0.2, 0.25) is 23.6 Å². The van der Waals surface area contributed by atoms with Crippen molar-refractivity contribution in [1.29, 1.82) is 0 Å². The van der Waals surface area contributed by atoms with E-state index in [1.165, 1.54) is 24.3 Å². The lowest BCUT2D eigenvalue weighted by atomic mass is 9.91. The maximum absolute atomic E-state index is 14.4. The Kier molecular flexibility index (Phi) is 19.1. The summed E-state index contributed by atoms with van der Waals surface area (Å²) in [6.45, 7) is 26.1. The first-order valence-corrected chi connectivity index (χ1v) is 32.0. The number of benzene rings is 3. The van der Waals surface area contributed by atoms with Crippen LogP contribution in [-0.4, -0.2) is 204 Å². The Labute approximate surface area is 526 Å². The van der Waals surface area contributed by atoms with Gasteiger partial charge in [-0.1, -0.05) is 76.2 Å². The molecule has 6 aliphatic heterocycles. The molecule has 3 aromatic carbocycles. The standard InChI is InChI=1S/C70H88F2N12O6/c1-45-35-81(41-63(87)83-43-69(5,6)65-59(83)31-53(67(89)75-65)29-51-13-19-55(71)20-14-51)57(33-73-45)39-77-25-27-79(37-47(77)3)61(85)23-17-49-9-11-50(12-10-49)18-24-62(86)80-28-26-78(48(4)38-80)40-58-34-74-46(2)36-82(58)42-64(88)84-44-70(7,8)66-60(84)32-54(68(90)76-66)30-52-15-21-56(72)22-16-52/h9-24,31-32,45-48,57-58,73-74H,25-30,33-44H2,1-8H3,(H,75,89)(H,76,90)/b23-17+,24-18+/t45-,46-,47-,48-,57-,58-/m1/s1. The van der Waals surface area contributed by atoms with E-state index in [4.69, 9.17) is 0 Å². The van der Waals surface area contributed by atoms with E-state index in [1.807, 2.05) is 95.8 Å². The van der Waals surface area contributed by atoms with Crippen molar-refractivity contribution in [3.63, 3.8) is 0 Å². The van der Waals surface area contributed by atoms with Crippen LogP contribution in [0.25, 0.3) is 12.2 Å². The molecule has 20 heteroatoms. The molecule has 0 saturated carbocycles. The number of H-pyrrole nitrogens is 2. The van der Waals surface area contributed by atoms with E-state index >= 15 is 0 Å². The Morgan fingerprint density at radius 3 is 1.27 bits per heavy atom. The van der Waals surface area contributed by atoms with Crippen molar-refractivity contribution in [2.45, 2.75) is 115 Å². The molecule has 5 aromatic rings. The maximum atomic E-state index is 14.4. The predicted octanol–water partition coefficient (Wildman–Crippen LogP) is 5.59. The van der Waals surface area contributed by atoms with Gasteiger partial charge in [0.25, 0.3) is 11.1 Å². The zero-order chi connectivity index (χ0) is 63.8. The molecule has 2 aromatic heterocycles. The van der Waals surface area contributed by atoms with Crippen molar-refractivity contribution in [3.05, 3.63) is 174 Å². The number of halogens is 2. The fraction of sp³-hybridized carbons (Fsp3) is 0.486. The minimum Gasteiger partial charge on any atom is -0.336 e. The number of hydrogen-bond acceptors (Lipinski definition) is 12. The summed E-state index contributed by atoms with van der Waals surface area (Å²) in [5.41, 5.74) is 6.04. The molecule has 4 fully saturated rings. The molecule has 18 nitrogen and oxygen atoms in total. The van der Waals surface area contributed by atoms with Crippen molar-refractivity contribution >= 4 is 47.2 Å². The molecular formula is C70H88F2N12O6. The van der Waals surface area contributed by atoms with Crippen LogP contribution in [0.2, 0.25) is 0 Å². The van der Waals surface area contributed by atoms with Gasteiger partial charge in [0.1, 0.15) is 11.6 Å². The highest BCUT2D eigenvalue weighted by atomic mass is 19.1. The zero-order valence-corrected chi connectivity index (χ0v) is 53.4. The number of rotatable bonds is 16. The first-order chi connectivity index (χ1) is 42.9. The summed E-state index contributed by atoms with van der Waals surface area (Å²) in [6, 6.07) is 24.4. The van der Waals surface area contributed by atoms with Crippen molar-refractivity contribution in [2.75, 3.05) is 115 Å². The molecule has 0 bridgehead atoms. The van der Waals surface area contributed by atoms with Gasteiger partial charge in [0.05, 0.1) is 24.5 Å². The van der Waals surface area contributed by atoms with Gasteiger partial charge < -0.3 is 40.2 Å². The van der Waals surface area contributed by atoms with Gasteiger partial charge in [0, 0.05) is 186 Å². The number of nitrogens with one attached hydrogen (secondary N) is 4. The van der Waals surface area contributed by atoms with Crippen LogP contribution in [0.15, 0.2) is 107 Å². The van der Waals surface area contributed by atoms with Crippen LogP contribution in [0.5, 0.6) is 0 Å². The Morgan fingerprint density at radius 2 is 0.900 bits per heavy atom. The molecule has 4 N–H and O–H groups in total. The zero-order valence-electron chi connectivity index (χ0n) is 53.4. The molecule has 0 aliphatic carbocycles. The second kappa shape index (κ2) is 26.8. The molecule has 4 amide bonds. The monoisotopic (exact) mass is 1230 g/mol. The van der Waals surface area contributed by atoms with Crippen LogP contribution in [0, 0.1) is 11.6 Å². The second-order valence-corrected chi connectivity index (χ2v) is 27.5. The number of hydrogen-bond donors (Lipinski definition) is 4. The third-order valence-electron chi connectivity index (χ3n) is 19.4. The van der Waals surface area contributed by atoms with Crippen LogP contribution < -0.4 is 31.6 Å². The van der Waals surface area contributed by atoms with E-state index in [0.29, 0.717) is 89.4 Å². The van der Waals surface area contributed by atoms with E-state index in [2.05, 4.69) is 67.9 Å². The van der Waals surface area contributed by atoms with Crippen LogP contribution in [0.4, 0.5) is 20.2 Å². The summed E-state index contributed by atoms with van der Waals surface area (Å²) in [6.07, 6.45) is 7.57. The fourth-order valence-corrected chi connectivity index (χ4v) is 14.1. The highest BCUT2D eigenvalue weighted by Gasteiger charge is 2.43. The van der Waals surface area contributed by atoms with E-state index in [0.717, 1.165) is 71.2 Å². The second-order valence-electron chi connectivity index (χ2n) is 27.5. The van der Waals surface area contributed by atoms with Gasteiger partial charge in [-0.2, -0.15) is 0 Å². The van der Waals surface area contributed by atoms with Crippen molar-refractivity contribution in [1.82, 2.24) is 50.0 Å². The lowest BCUT2D eigenvalue weighted by Gasteiger charge is -2.45. The molecule has 6 atom stereocenters. The number of anilines is 2.